The Morgan fingerprint density at radius 3 is 2.64 bits per heavy atom. The molecule has 0 saturated heterocycles. The molecular weight excluding hydrogens is 322 g/mol. The fourth-order valence-corrected chi connectivity index (χ4v) is 2.63. The van der Waals surface area contributed by atoms with Gasteiger partial charge in [-0.2, -0.15) is 0 Å². The summed E-state index contributed by atoms with van der Waals surface area (Å²) in [7, 11) is 0. The van der Waals surface area contributed by atoms with Crippen molar-refractivity contribution in [2.75, 3.05) is 18.5 Å². The highest BCUT2D eigenvalue weighted by atomic mass is 16.5. The summed E-state index contributed by atoms with van der Waals surface area (Å²) in [4.78, 5) is 34.9. The van der Waals surface area contributed by atoms with Crippen LogP contribution < -0.4 is 21.1 Å². The predicted octanol–water partition coefficient (Wildman–Crippen LogP) is 1.09. The first kappa shape index (κ1) is 16.5. The van der Waals surface area contributed by atoms with E-state index >= 15 is 0 Å². The summed E-state index contributed by atoms with van der Waals surface area (Å²) in [5, 5.41) is 5.44. The number of carbonyl (C=O) groups excluding carboxylic acids is 3. The van der Waals surface area contributed by atoms with Gasteiger partial charge >= 0.3 is 0 Å². The van der Waals surface area contributed by atoms with E-state index in [1.54, 1.807) is 30.3 Å². The molecule has 25 heavy (non-hydrogen) atoms. The van der Waals surface area contributed by atoms with Crippen molar-refractivity contribution in [3.8, 4) is 5.75 Å². The second-order valence-electron chi connectivity index (χ2n) is 5.57. The van der Waals surface area contributed by atoms with E-state index in [1.165, 1.54) is 12.1 Å². The van der Waals surface area contributed by atoms with Crippen molar-refractivity contribution < 1.29 is 19.1 Å². The van der Waals surface area contributed by atoms with Gasteiger partial charge in [0.15, 0.2) is 6.61 Å². The Morgan fingerprint density at radius 2 is 1.92 bits per heavy atom. The molecular formula is C18H17N3O4. The average Bonchev–Trinajstić information content (AvgIpc) is 2.61. The molecule has 0 atom stereocenters. The molecule has 1 heterocycles. The minimum Gasteiger partial charge on any atom is -0.483 e. The van der Waals surface area contributed by atoms with Gasteiger partial charge in [-0.05, 0) is 42.8 Å². The molecule has 3 rings (SSSR count). The predicted molar refractivity (Wildman–Crippen MR) is 91.6 cm³/mol. The van der Waals surface area contributed by atoms with E-state index in [0.717, 1.165) is 5.56 Å². The second-order valence-corrected chi connectivity index (χ2v) is 5.57. The smallest absolute Gasteiger partial charge is 0.262 e. The lowest BCUT2D eigenvalue weighted by atomic mass is 9.99. The molecule has 0 unspecified atom stereocenters. The summed E-state index contributed by atoms with van der Waals surface area (Å²) in [6, 6.07) is 11.4. The highest BCUT2D eigenvalue weighted by Crippen LogP contribution is 2.25. The van der Waals surface area contributed by atoms with Crippen LogP contribution >= 0.6 is 0 Å². The number of ether oxygens (including phenoxy) is 1. The summed E-state index contributed by atoms with van der Waals surface area (Å²) in [5.74, 6) is -0.471. The maximum atomic E-state index is 12.0. The van der Waals surface area contributed by atoms with Gasteiger partial charge in [0.2, 0.25) is 5.91 Å². The SMILES string of the molecule is NC(=O)c1ccc(NC(=O)COc2cccc3c2CCNC3=O)cc1. The van der Waals surface area contributed by atoms with Gasteiger partial charge in [0.25, 0.3) is 11.8 Å². The monoisotopic (exact) mass is 339 g/mol. The van der Waals surface area contributed by atoms with Crippen LogP contribution in [0.15, 0.2) is 42.5 Å². The Morgan fingerprint density at radius 1 is 1.16 bits per heavy atom. The van der Waals surface area contributed by atoms with Crippen LogP contribution in [-0.4, -0.2) is 30.9 Å². The number of amides is 3. The van der Waals surface area contributed by atoms with Crippen molar-refractivity contribution in [2.45, 2.75) is 6.42 Å². The van der Waals surface area contributed by atoms with Crippen molar-refractivity contribution in [3.63, 3.8) is 0 Å². The number of primary amides is 1. The van der Waals surface area contributed by atoms with Crippen LogP contribution in [0, 0.1) is 0 Å². The first-order chi connectivity index (χ1) is 12.0. The van der Waals surface area contributed by atoms with Crippen LogP contribution in [0.2, 0.25) is 0 Å². The first-order valence-corrected chi connectivity index (χ1v) is 7.77. The van der Waals surface area contributed by atoms with Crippen LogP contribution in [0.25, 0.3) is 0 Å². The molecule has 4 N–H and O–H groups in total. The Kier molecular flexibility index (Phi) is 4.65. The number of hydrogen-bond acceptors (Lipinski definition) is 4. The normalized spacial score (nSPS) is 12.7. The topological polar surface area (TPSA) is 111 Å². The molecule has 1 aliphatic rings. The van der Waals surface area contributed by atoms with Gasteiger partial charge in [0, 0.05) is 28.9 Å². The van der Waals surface area contributed by atoms with Crippen molar-refractivity contribution >= 4 is 23.4 Å². The van der Waals surface area contributed by atoms with Crippen LogP contribution in [-0.2, 0) is 11.2 Å². The van der Waals surface area contributed by atoms with Crippen LogP contribution in [0.5, 0.6) is 5.75 Å². The van der Waals surface area contributed by atoms with Gasteiger partial charge in [0.05, 0.1) is 0 Å². The lowest BCUT2D eigenvalue weighted by molar-refractivity contribution is -0.118. The Hall–Kier alpha value is -3.35. The van der Waals surface area contributed by atoms with E-state index in [9.17, 15) is 14.4 Å². The van der Waals surface area contributed by atoms with Gasteiger partial charge in [-0.25, -0.2) is 0 Å². The molecule has 0 radical (unpaired) electrons. The lowest BCUT2D eigenvalue weighted by Gasteiger charge is -2.19. The third kappa shape index (κ3) is 3.77. The van der Waals surface area contributed by atoms with E-state index in [2.05, 4.69) is 10.6 Å². The minimum atomic E-state index is -0.529. The highest BCUT2D eigenvalue weighted by molar-refractivity contribution is 5.97. The number of hydrogen-bond donors (Lipinski definition) is 3. The zero-order chi connectivity index (χ0) is 17.8. The van der Waals surface area contributed by atoms with Gasteiger partial charge in [-0.15, -0.1) is 0 Å². The lowest BCUT2D eigenvalue weighted by Crippen LogP contribution is -2.32. The van der Waals surface area contributed by atoms with E-state index in [4.69, 9.17) is 10.5 Å². The maximum Gasteiger partial charge on any atom is 0.262 e. The number of carbonyl (C=O) groups is 3. The Labute approximate surface area is 144 Å². The van der Waals surface area contributed by atoms with E-state index in [-0.39, 0.29) is 18.4 Å². The van der Waals surface area contributed by atoms with Crippen molar-refractivity contribution in [2.24, 2.45) is 5.73 Å². The third-order valence-electron chi connectivity index (χ3n) is 3.85. The number of benzene rings is 2. The number of nitrogens with one attached hydrogen (secondary N) is 2. The Balaban J connectivity index is 1.62. The van der Waals surface area contributed by atoms with Gasteiger partial charge < -0.3 is 21.1 Å². The molecule has 3 amide bonds. The van der Waals surface area contributed by atoms with Crippen LogP contribution in [0.4, 0.5) is 5.69 Å². The summed E-state index contributed by atoms with van der Waals surface area (Å²) in [5.41, 5.74) is 7.45. The summed E-state index contributed by atoms with van der Waals surface area (Å²) >= 11 is 0. The quantitative estimate of drug-likeness (QED) is 0.757. The molecule has 0 saturated carbocycles. The van der Waals surface area contributed by atoms with Crippen LogP contribution in [0.3, 0.4) is 0 Å². The molecule has 0 bridgehead atoms. The minimum absolute atomic E-state index is 0.134. The second kappa shape index (κ2) is 7.04. The van der Waals surface area contributed by atoms with Gasteiger partial charge in [-0.1, -0.05) is 6.07 Å². The Bertz CT molecular complexity index is 831. The molecule has 7 nitrogen and oxygen atoms in total. The number of fused-ring (bicyclic) bond motifs is 1. The molecule has 0 fully saturated rings. The number of rotatable bonds is 5. The fourth-order valence-electron chi connectivity index (χ4n) is 2.63. The summed E-state index contributed by atoms with van der Waals surface area (Å²) in [6.07, 6.45) is 0.660. The fraction of sp³-hybridized carbons (Fsp3) is 0.167. The van der Waals surface area contributed by atoms with Crippen molar-refractivity contribution in [3.05, 3.63) is 59.2 Å². The average molecular weight is 339 g/mol. The van der Waals surface area contributed by atoms with Crippen LogP contribution in [0.1, 0.15) is 26.3 Å². The van der Waals surface area contributed by atoms with Crippen molar-refractivity contribution in [1.82, 2.24) is 5.32 Å². The molecule has 7 heteroatoms. The molecule has 128 valence electrons. The maximum absolute atomic E-state index is 12.0. The summed E-state index contributed by atoms with van der Waals surface area (Å²) in [6.45, 7) is 0.361. The zero-order valence-electron chi connectivity index (χ0n) is 13.4. The molecule has 0 spiro atoms. The molecule has 2 aromatic rings. The summed E-state index contributed by atoms with van der Waals surface area (Å²) < 4.78 is 5.58. The zero-order valence-corrected chi connectivity index (χ0v) is 13.4. The molecule has 0 aromatic heterocycles. The van der Waals surface area contributed by atoms with E-state index in [1.807, 2.05) is 0 Å². The number of anilines is 1. The van der Waals surface area contributed by atoms with Gasteiger partial charge in [0.1, 0.15) is 5.75 Å². The molecule has 1 aliphatic heterocycles. The van der Waals surface area contributed by atoms with Crippen molar-refractivity contribution in [1.29, 1.82) is 0 Å². The van der Waals surface area contributed by atoms with E-state index in [0.29, 0.717) is 35.5 Å². The standard InChI is InChI=1S/C18H17N3O4/c19-17(23)11-4-6-12(7-5-11)21-16(22)10-25-15-3-1-2-14-13(15)8-9-20-18(14)24/h1-7H,8-10H2,(H2,19,23)(H,20,24)(H,21,22). The highest BCUT2D eigenvalue weighted by Gasteiger charge is 2.20. The van der Waals surface area contributed by atoms with E-state index < -0.39 is 5.91 Å². The molecule has 2 aromatic carbocycles. The third-order valence-corrected chi connectivity index (χ3v) is 3.85. The molecule has 0 aliphatic carbocycles. The first-order valence-electron chi connectivity index (χ1n) is 7.77. The number of nitrogens with two attached hydrogens (primary N) is 1. The van der Waals surface area contributed by atoms with Gasteiger partial charge in [-0.3, -0.25) is 14.4 Å². The largest absolute Gasteiger partial charge is 0.483 e.